The number of para-hydroxylation sites is 2. The van der Waals surface area contributed by atoms with Crippen molar-refractivity contribution in [3.05, 3.63) is 60.2 Å². The van der Waals surface area contributed by atoms with Gasteiger partial charge in [0, 0.05) is 20.0 Å². The molecule has 1 fully saturated rings. The Hall–Kier alpha value is -2.80. The number of amides is 2. The summed E-state index contributed by atoms with van der Waals surface area (Å²) >= 11 is 1.30. The monoisotopic (exact) mass is 397 g/mol. The summed E-state index contributed by atoms with van der Waals surface area (Å²) in [6.45, 7) is 0.531. The van der Waals surface area contributed by atoms with Crippen molar-refractivity contribution in [3.8, 4) is 5.75 Å². The number of methoxy groups -OCH3 is 1. The van der Waals surface area contributed by atoms with Gasteiger partial charge in [0.2, 0.25) is 11.8 Å². The predicted octanol–water partition coefficient (Wildman–Crippen LogP) is 3.01. The molecular formula is C21H23N3O3S. The van der Waals surface area contributed by atoms with Crippen molar-refractivity contribution >= 4 is 34.4 Å². The summed E-state index contributed by atoms with van der Waals surface area (Å²) < 4.78 is 5.32. The van der Waals surface area contributed by atoms with Crippen LogP contribution in [0.5, 0.6) is 5.75 Å². The number of nitrogens with one attached hydrogen (secondary N) is 1. The third-order valence-electron chi connectivity index (χ3n) is 4.42. The number of hydrogen-bond donors (Lipinski definition) is 1. The molecule has 6 nitrogen and oxygen atoms in total. The SMILES string of the molecule is COc1ccccc1N=C1SC(C(=O)NCCc2ccccc2)CC(=O)N1C. The van der Waals surface area contributed by atoms with Crippen LogP contribution in [0.3, 0.4) is 0 Å². The summed E-state index contributed by atoms with van der Waals surface area (Å²) in [6, 6.07) is 17.3. The van der Waals surface area contributed by atoms with Crippen LogP contribution in [0.25, 0.3) is 0 Å². The van der Waals surface area contributed by atoms with Gasteiger partial charge in [-0.15, -0.1) is 0 Å². The van der Waals surface area contributed by atoms with E-state index in [-0.39, 0.29) is 18.2 Å². The van der Waals surface area contributed by atoms with Crippen LogP contribution in [0.1, 0.15) is 12.0 Å². The van der Waals surface area contributed by atoms with Gasteiger partial charge in [-0.2, -0.15) is 0 Å². The van der Waals surface area contributed by atoms with Crippen molar-refractivity contribution in [1.82, 2.24) is 10.2 Å². The highest BCUT2D eigenvalue weighted by molar-refractivity contribution is 8.15. The van der Waals surface area contributed by atoms with Crippen LogP contribution in [0, 0.1) is 0 Å². The molecule has 0 bridgehead atoms. The lowest BCUT2D eigenvalue weighted by Gasteiger charge is -2.29. The van der Waals surface area contributed by atoms with Crippen LogP contribution in [0.2, 0.25) is 0 Å². The molecule has 0 spiro atoms. The summed E-state index contributed by atoms with van der Waals surface area (Å²) in [5.41, 5.74) is 1.78. The first kappa shape index (κ1) is 19.9. The van der Waals surface area contributed by atoms with Gasteiger partial charge in [-0.25, -0.2) is 4.99 Å². The highest BCUT2D eigenvalue weighted by Crippen LogP contribution is 2.32. The Morgan fingerprint density at radius 3 is 2.68 bits per heavy atom. The van der Waals surface area contributed by atoms with E-state index < -0.39 is 5.25 Å². The van der Waals surface area contributed by atoms with Crippen molar-refractivity contribution in [3.63, 3.8) is 0 Å². The highest BCUT2D eigenvalue weighted by atomic mass is 32.2. The smallest absolute Gasteiger partial charge is 0.234 e. The second-order valence-corrected chi connectivity index (χ2v) is 7.53. The van der Waals surface area contributed by atoms with Gasteiger partial charge in [-0.1, -0.05) is 54.2 Å². The van der Waals surface area contributed by atoms with E-state index in [4.69, 9.17) is 4.74 Å². The van der Waals surface area contributed by atoms with E-state index in [1.54, 1.807) is 14.2 Å². The molecule has 0 saturated carbocycles. The number of thioether (sulfide) groups is 1. The minimum Gasteiger partial charge on any atom is -0.494 e. The van der Waals surface area contributed by atoms with Crippen LogP contribution < -0.4 is 10.1 Å². The first-order valence-corrected chi connectivity index (χ1v) is 9.93. The fraction of sp³-hybridized carbons (Fsp3) is 0.286. The molecule has 0 aromatic heterocycles. The highest BCUT2D eigenvalue weighted by Gasteiger charge is 2.34. The fourth-order valence-electron chi connectivity index (χ4n) is 2.81. The van der Waals surface area contributed by atoms with Crippen LogP contribution in [-0.4, -0.2) is 47.8 Å². The summed E-state index contributed by atoms with van der Waals surface area (Å²) in [7, 11) is 3.25. The second kappa shape index (κ2) is 9.41. The number of benzene rings is 2. The second-order valence-electron chi connectivity index (χ2n) is 6.36. The lowest BCUT2D eigenvalue weighted by Crippen LogP contribution is -2.45. The molecule has 2 aromatic carbocycles. The Morgan fingerprint density at radius 2 is 1.93 bits per heavy atom. The number of aliphatic imine (C=N–C) groups is 1. The zero-order valence-electron chi connectivity index (χ0n) is 15.9. The molecule has 1 atom stereocenters. The van der Waals surface area contributed by atoms with Crippen molar-refractivity contribution in [1.29, 1.82) is 0 Å². The third kappa shape index (κ3) is 4.92. The van der Waals surface area contributed by atoms with E-state index in [9.17, 15) is 9.59 Å². The normalized spacial score (nSPS) is 18.2. The van der Waals surface area contributed by atoms with Crippen LogP contribution in [-0.2, 0) is 16.0 Å². The Bertz CT molecular complexity index is 870. The van der Waals surface area contributed by atoms with E-state index in [0.29, 0.717) is 23.1 Å². The molecule has 28 heavy (non-hydrogen) atoms. The summed E-state index contributed by atoms with van der Waals surface area (Å²) in [5, 5.41) is 2.93. The maximum absolute atomic E-state index is 12.6. The number of amidine groups is 1. The topological polar surface area (TPSA) is 71.0 Å². The minimum absolute atomic E-state index is 0.129. The lowest BCUT2D eigenvalue weighted by molar-refractivity contribution is -0.129. The Labute approximate surface area is 169 Å². The van der Waals surface area contributed by atoms with E-state index >= 15 is 0 Å². The average Bonchev–Trinajstić information content (AvgIpc) is 2.72. The molecule has 1 aliphatic heterocycles. The molecule has 7 heteroatoms. The Morgan fingerprint density at radius 1 is 1.21 bits per heavy atom. The van der Waals surface area contributed by atoms with Gasteiger partial charge < -0.3 is 10.1 Å². The standard InChI is InChI=1S/C21H23N3O3S/c1-24-19(25)14-18(20(26)22-13-12-15-8-4-3-5-9-15)28-21(24)23-16-10-6-7-11-17(16)27-2/h3-11,18H,12-14H2,1-2H3,(H,22,26). The minimum atomic E-state index is -0.493. The lowest BCUT2D eigenvalue weighted by atomic mass is 10.1. The molecule has 1 saturated heterocycles. The number of carbonyl (C=O) groups is 2. The number of hydrogen-bond acceptors (Lipinski definition) is 5. The van der Waals surface area contributed by atoms with E-state index in [1.807, 2.05) is 54.6 Å². The number of ether oxygens (including phenoxy) is 1. The molecule has 1 N–H and O–H groups in total. The van der Waals surface area contributed by atoms with E-state index in [2.05, 4.69) is 10.3 Å². The van der Waals surface area contributed by atoms with Gasteiger partial charge in [0.15, 0.2) is 5.17 Å². The third-order valence-corrected chi connectivity index (χ3v) is 5.66. The van der Waals surface area contributed by atoms with Crippen LogP contribution in [0.4, 0.5) is 5.69 Å². The number of carbonyl (C=O) groups excluding carboxylic acids is 2. The molecule has 1 aliphatic rings. The van der Waals surface area contributed by atoms with Crippen molar-refractivity contribution in [2.75, 3.05) is 20.7 Å². The van der Waals surface area contributed by atoms with E-state index in [1.165, 1.54) is 16.7 Å². The summed E-state index contributed by atoms with van der Waals surface area (Å²) in [4.78, 5) is 31.0. The molecule has 1 unspecified atom stereocenters. The molecule has 146 valence electrons. The molecule has 2 amide bonds. The molecule has 0 radical (unpaired) electrons. The maximum Gasteiger partial charge on any atom is 0.234 e. The average molecular weight is 398 g/mol. The quantitative estimate of drug-likeness (QED) is 0.813. The van der Waals surface area contributed by atoms with Crippen LogP contribution in [0.15, 0.2) is 59.6 Å². The largest absolute Gasteiger partial charge is 0.494 e. The predicted molar refractivity (Wildman–Crippen MR) is 112 cm³/mol. The van der Waals surface area contributed by atoms with Crippen molar-refractivity contribution < 1.29 is 14.3 Å². The first-order chi connectivity index (χ1) is 13.6. The fourth-order valence-corrected chi connectivity index (χ4v) is 3.89. The Balaban J connectivity index is 1.66. The maximum atomic E-state index is 12.6. The first-order valence-electron chi connectivity index (χ1n) is 9.05. The molecule has 3 rings (SSSR count). The number of nitrogens with zero attached hydrogens (tertiary/aromatic N) is 2. The van der Waals surface area contributed by atoms with Crippen LogP contribution >= 0.6 is 11.8 Å². The van der Waals surface area contributed by atoms with Gasteiger partial charge in [0.1, 0.15) is 11.4 Å². The van der Waals surface area contributed by atoms with E-state index in [0.717, 1.165) is 12.0 Å². The van der Waals surface area contributed by atoms with Crippen molar-refractivity contribution in [2.24, 2.45) is 4.99 Å². The Kier molecular flexibility index (Phi) is 6.71. The molecular weight excluding hydrogens is 374 g/mol. The molecule has 0 aliphatic carbocycles. The molecule has 2 aromatic rings. The zero-order valence-corrected chi connectivity index (χ0v) is 16.7. The zero-order chi connectivity index (χ0) is 19.9. The summed E-state index contributed by atoms with van der Waals surface area (Å²) in [6.07, 6.45) is 0.906. The summed E-state index contributed by atoms with van der Waals surface area (Å²) in [5.74, 6) is 0.344. The number of rotatable bonds is 6. The van der Waals surface area contributed by atoms with Gasteiger partial charge >= 0.3 is 0 Å². The van der Waals surface area contributed by atoms with Gasteiger partial charge in [-0.3, -0.25) is 14.5 Å². The van der Waals surface area contributed by atoms with Gasteiger partial charge in [-0.05, 0) is 24.1 Å². The van der Waals surface area contributed by atoms with Crippen molar-refractivity contribution in [2.45, 2.75) is 18.1 Å². The van der Waals surface area contributed by atoms with Gasteiger partial charge in [0.05, 0.1) is 12.4 Å². The molecule has 1 heterocycles. The van der Waals surface area contributed by atoms with Gasteiger partial charge in [0.25, 0.3) is 0 Å².